The minimum Gasteiger partial charge on any atom is -1.00 e. The summed E-state index contributed by atoms with van der Waals surface area (Å²) in [6.45, 7) is 31.1. The van der Waals surface area contributed by atoms with Gasteiger partial charge in [0.05, 0.1) is 0 Å². The van der Waals surface area contributed by atoms with Gasteiger partial charge in [-0.1, -0.05) is 0 Å². The van der Waals surface area contributed by atoms with Crippen molar-refractivity contribution in [1.82, 2.24) is 0 Å². The van der Waals surface area contributed by atoms with E-state index in [9.17, 15) is 0 Å². The molecule has 5 aromatic carbocycles. The van der Waals surface area contributed by atoms with Gasteiger partial charge in [0.1, 0.15) is 0 Å². The van der Waals surface area contributed by atoms with Crippen molar-refractivity contribution in [2.75, 3.05) is 7.11 Å². The average molecular weight is 1000 g/mol. The first-order valence-corrected chi connectivity index (χ1v) is 33.3. The van der Waals surface area contributed by atoms with Crippen LogP contribution in [0.3, 0.4) is 0 Å². The van der Waals surface area contributed by atoms with Crippen LogP contribution < -0.4 is 29.6 Å². The number of fused-ring (bicyclic) bond motifs is 3. The number of benzene rings is 5. The van der Waals surface area contributed by atoms with E-state index in [1.165, 1.54) is 86.0 Å². The molecular weight excluding hydrogens is 942 g/mol. The molecule has 0 bridgehead atoms. The molecule has 0 aliphatic heterocycles. The third-order valence-corrected chi connectivity index (χ3v) is 41.2. The quantitative estimate of drug-likeness (QED) is 0.155. The number of aryl methyl sites for hydroxylation is 6. The van der Waals surface area contributed by atoms with Crippen LogP contribution in [0, 0.1) is 41.5 Å². The Bertz CT molecular complexity index is 2570. The second-order valence-corrected chi connectivity index (χ2v) is 44.1. The second kappa shape index (κ2) is 17.1. The molecular formula is C54H62Cl2HfOSi. The fraction of sp³-hybridized carbons (Fsp3) is 0.370. The molecule has 3 aliphatic rings. The van der Waals surface area contributed by atoms with E-state index in [2.05, 4.69) is 162 Å². The maximum absolute atomic E-state index is 6.49. The maximum Gasteiger partial charge on any atom is -1.00 e. The minimum atomic E-state index is -2.77. The van der Waals surface area contributed by atoms with Crippen molar-refractivity contribution in [2.45, 2.75) is 121 Å². The number of ether oxygens (including phenoxy) is 1. The monoisotopic (exact) mass is 1000 g/mol. The largest absolute Gasteiger partial charge is 1.00 e. The smallest absolute Gasteiger partial charge is 1.00 e. The molecule has 8 rings (SSSR count). The Morgan fingerprint density at radius 2 is 0.983 bits per heavy atom. The summed E-state index contributed by atoms with van der Waals surface area (Å²) in [5.41, 5.74) is 30.0. The van der Waals surface area contributed by atoms with Gasteiger partial charge >= 0.3 is 354 Å². The van der Waals surface area contributed by atoms with Crippen molar-refractivity contribution in [3.63, 3.8) is 0 Å². The summed E-state index contributed by atoms with van der Waals surface area (Å²) < 4.78 is 7.54. The standard InChI is InChI=1S/C29H29.C23H27O.C2H6Si.2ClH.Hf/c1-17-9-18(2)12-22(11-17)28-24-7-6-8-25(24)29(27-16-21(5)15-26(27)28)23-13-19(3)10-20(4)14-23;1-14-8-15(2)11-18(10-14)21-19-12-16(3)9-17(19)13-20(22(21)24-7)23(4,5)6;1-3-2;;;/h9-16H,6-8H2,1-5H3;8-13H,1-7H3;1-2H3;2*1H;/q;;;;;+2/p-2. The number of allylic oxidation sites excluding steroid dienone is 2. The molecule has 2 unspecified atom stereocenters. The van der Waals surface area contributed by atoms with Crippen molar-refractivity contribution in [3.8, 4) is 39.1 Å². The maximum atomic E-state index is 6.49. The Kier molecular flexibility index (Phi) is 13.2. The normalized spacial score (nSPS) is 16.2. The fourth-order valence-electron chi connectivity index (χ4n) is 11.2. The van der Waals surface area contributed by atoms with Crippen LogP contribution in [0.1, 0.15) is 121 Å². The molecule has 306 valence electrons. The van der Waals surface area contributed by atoms with Gasteiger partial charge in [-0.05, 0) is 0 Å². The Labute approximate surface area is 376 Å². The molecule has 0 saturated carbocycles. The molecule has 0 spiro atoms. The van der Waals surface area contributed by atoms with E-state index in [4.69, 9.17) is 4.74 Å². The SMILES string of the molecule is COc1c(C(C)(C)C)cc2c(c1-c1cc(C)cc(C)c1)C=C(C)[CH]2[Hf+2]([CH]1C(C)=Cc2c(-c3cc(C)cc(C)c3)c3c(c(-c4cc(C)cc(C)c4)c21)CCC3)=[Si](C)C.[Cl-].[Cl-]. The van der Waals surface area contributed by atoms with Crippen LogP contribution >= 0.6 is 0 Å². The van der Waals surface area contributed by atoms with E-state index < -0.39 is 25.6 Å². The molecule has 2 atom stereocenters. The molecule has 5 heteroatoms. The summed E-state index contributed by atoms with van der Waals surface area (Å²) >= 11 is -2.77. The average Bonchev–Trinajstić information content (AvgIpc) is 3.80. The van der Waals surface area contributed by atoms with Gasteiger partial charge in [-0.3, -0.25) is 0 Å². The molecule has 0 radical (unpaired) electrons. The van der Waals surface area contributed by atoms with Crippen molar-refractivity contribution >= 4 is 17.6 Å². The molecule has 0 aromatic heterocycles. The molecule has 0 heterocycles. The minimum absolute atomic E-state index is 0. The summed E-state index contributed by atoms with van der Waals surface area (Å²) in [6.07, 6.45) is 8.87. The van der Waals surface area contributed by atoms with Crippen LogP contribution in [0.15, 0.2) is 71.8 Å². The molecule has 0 fully saturated rings. The Morgan fingerprint density at radius 3 is 1.44 bits per heavy atom. The van der Waals surface area contributed by atoms with Crippen molar-refractivity contribution in [2.24, 2.45) is 0 Å². The Balaban J connectivity index is 0.00000293. The van der Waals surface area contributed by atoms with Gasteiger partial charge in [0.15, 0.2) is 0 Å². The van der Waals surface area contributed by atoms with Crippen molar-refractivity contribution in [3.05, 3.63) is 144 Å². The summed E-state index contributed by atoms with van der Waals surface area (Å²) in [5.74, 6) is 1.05. The number of methoxy groups -OCH3 is 1. The van der Waals surface area contributed by atoms with Gasteiger partial charge < -0.3 is 24.8 Å². The van der Waals surface area contributed by atoms with E-state index >= 15 is 0 Å². The predicted octanol–water partition coefficient (Wildman–Crippen LogP) is 8.83. The first-order valence-electron chi connectivity index (χ1n) is 21.2. The van der Waals surface area contributed by atoms with E-state index in [0.717, 1.165) is 5.75 Å². The van der Waals surface area contributed by atoms with E-state index in [1.807, 2.05) is 7.11 Å². The number of hydrogen-bond donors (Lipinski definition) is 0. The first kappa shape index (κ1) is 45.6. The van der Waals surface area contributed by atoms with Crippen molar-refractivity contribution < 1.29 is 49.6 Å². The Hall–Kier alpha value is -2.95. The van der Waals surface area contributed by atoms with Crippen LogP contribution in [0.5, 0.6) is 5.75 Å². The third kappa shape index (κ3) is 8.01. The number of hydrogen-bond acceptors (Lipinski definition) is 1. The molecule has 1 nitrogen and oxygen atoms in total. The zero-order chi connectivity index (χ0) is 40.8. The topological polar surface area (TPSA) is 9.23 Å². The zero-order valence-corrected chi connectivity index (χ0v) is 44.0. The molecule has 5 aromatic rings. The molecule has 3 aliphatic carbocycles. The van der Waals surface area contributed by atoms with Crippen molar-refractivity contribution in [1.29, 1.82) is 0 Å². The summed E-state index contributed by atoms with van der Waals surface area (Å²) in [4.78, 5) is 0. The van der Waals surface area contributed by atoms with Gasteiger partial charge in [-0.25, -0.2) is 0 Å². The summed E-state index contributed by atoms with van der Waals surface area (Å²) in [6, 6.07) is 24.3. The van der Waals surface area contributed by atoms with E-state index in [-0.39, 0.29) is 30.2 Å². The van der Waals surface area contributed by atoms with Gasteiger partial charge in [0, 0.05) is 0 Å². The predicted molar refractivity (Wildman–Crippen MR) is 245 cm³/mol. The first-order chi connectivity index (χ1) is 27.0. The van der Waals surface area contributed by atoms with Crippen LogP contribution in [0.25, 0.3) is 45.5 Å². The molecule has 0 N–H and O–H groups in total. The van der Waals surface area contributed by atoms with Gasteiger partial charge in [0.2, 0.25) is 0 Å². The van der Waals surface area contributed by atoms with Crippen LogP contribution in [-0.2, 0) is 38.3 Å². The zero-order valence-electron chi connectivity index (χ0n) is 37.9. The van der Waals surface area contributed by atoms with Gasteiger partial charge in [-0.15, -0.1) is 0 Å². The molecule has 59 heavy (non-hydrogen) atoms. The van der Waals surface area contributed by atoms with E-state index in [1.54, 1.807) is 50.1 Å². The molecule has 0 amide bonds. The second-order valence-electron chi connectivity index (χ2n) is 19.2. The number of rotatable bonds is 6. The fourth-order valence-corrected chi connectivity index (χ4v) is 40.5. The Morgan fingerprint density at radius 1 is 0.559 bits per heavy atom. The van der Waals surface area contributed by atoms with Gasteiger partial charge in [0.25, 0.3) is 0 Å². The number of halogens is 2. The van der Waals surface area contributed by atoms with Crippen LogP contribution in [0.4, 0.5) is 0 Å². The van der Waals surface area contributed by atoms with Crippen LogP contribution in [-0.4, -0.2) is 12.6 Å². The third-order valence-electron chi connectivity index (χ3n) is 13.0. The molecule has 0 saturated heterocycles. The van der Waals surface area contributed by atoms with E-state index in [0.29, 0.717) is 7.35 Å². The summed E-state index contributed by atoms with van der Waals surface area (Å²) in [5, 5.41) is 0. The van der Waals surface area contributed by atoms with Gasteiger partial charge in [-0.2, -0.15) is 0 Å². The summed E-state index contributed by atoms with van der Waals surface area (Å²) in [7, 11) is 1.89. The van der Waals surface area contributed by atoms with Crippen LogP contribution in [0.2, 0.25) is 13.1 Å².